The molecule has 4 rings (SSSR count). The monoisotopic (exact) mass is 626 g/mol. The molecular formula is C33H42N2O10. The van der Waals surface area contributed by atoms with Crippen LogP contribution in [0.5, 0.6) is 28.7 Å². The maximum absolute atomic E-state index is 11.5. The van der Waals surface area contributed by atoms with Gasteiger partial charge in [0, 0.05) is 24.1 Å². The second-order valence-corrected chi connectivity index (χ2v) is 11.5. The molecule has 0 saturated carbocycles. The van der Waals surface area contributed by atoms with E-state index in [2.05, 4.69) is 5.32 Å². The average Bonchev–Trinajstić information content (AvgIpc) is 3.00. The largest absolute Gasteiger partial charge is 0.508 e. The lowest BCUT2D eigenvalue weighted by Crippen LogP contribution is -2.60. The zero-order chi connectivity index (χ0) is 32.7. The standard InChI is InChI=1S/C33H42N2O10/c1-19-14-21(37)16-26(44-31-30(40)29(39)28(38)27(18-36)45-31)24(19)15-20-10-11-23(17-25(20)43-22-8-5-4-6-9-22)42-13-7-12-35-33(2,3)32(34)41/h4-6,8-11,14,16-17,27-31,35-40H,7,12-13,15,18H2,1-3H3,(H2,34,41)/t27-,28-,29+,30-,31-/m1/s1. The number of phenols is 1. The molecule has 3 aromatic rings. The number of aromatic hydroxyl groups is 1. The Bertz CT molecular complexity index is 1430. The smallest absolute Gasteiger partial charge is 0.237 e. The number of amides is 1. The van der Waals surface area contributed by atoms with Gasteiger partial charge < -0.3 is 55.5 Å². The maximum Gasteiger partial charge on any atom is 0.237 e. The number of aliphatic hydroxyl groups excluding tert-OH is 4. The summed E-state index contributed by atoms with van der Waals surface area (Å²) in [7, 11) is 0. The van der Waals surface area contributed by atoms with E-state index in [0.717, 1.165) is 5.56 Å². The molecule has 0 aromatic heterocycles. The highest BCUT2D eigenvalue weighted by Gasteiger charge is 2.45. The Balaban J connectivity index is 1.57. The van der Waals surface area contributed by atoms with Crippen LogP contribution in [-0.4, -0.2) is 87.4 Å². The van der Waals surface area contributed by atoms with E-state index in [1.807, 2.05) is 42.5 Å². The molecule has 12 nitrogen and oxygen atoms in total. The van der Waals surface area contributed by atoms with Crippen molar-refractivity contribution >= 4 is 5.91 Å². The van der Waals surface area contributed by atoms with Crippen molar-refractivity contribution in [2.75, 3.05) is 19.8 Å². The molecule has 5 atom stereocenters. The molecule has 8 N–H and O–H groups in total. The molecule has 1 aliphatic rings. The molecule has 0 aliphatic carbocycles. The van der Waals surface area contributed by atoms with E-state index in [1.165, 1.54) is 6.07 Å². The molecule has 244 valence electrons. The third-order valence-corrected chi connectivity index (χ3v) is 7.66. The number of aryl methyl sites for hydroxylation is 1. The Labute approximate surface area is 261 Å². The summed E-state index contributed by atoms with van der Waals surface area (Å²) in [6.07, 6.45) is -6.47. The van der Waals surface area contributed by atoms with Crippen molar-refractivity contribution < 1.29 is 49.3 Å². The van der Waals surface area contributed by atoms with Crippen molar-refractivity contribution in [2.24, 2.45) is 5.73 Å². The SMILES string of the molecule is Cc1cc(O)cc(O[C@@H]2O[C@H](CO)[C@@H](O)[C@H](O)[C@H]2O)c1Cc1ccc(OCCCNC(C)(C)C(N)=O)cc1Oc1ccccc1. The predicted molar refractivity (Wildman–Crippen MR) is 164 cm³/mol. The normalized spacial score (nSPS) is 21.7. The molecule has 1 saturated heterocycles. The van der Waals surface area contributed by atoms with E-state index in [0.29, 0.717) is 47.9 Å². The van der Waals surface area contributed by atoms with E-state index >= 15 is 0 Å². The van der Waals surface area contributed by atoms with Crippen LogP contribution in [0.25, 0.3) is 0 Å². The number of primary amides is 1. The minimum Gasteiger partial charge on any atom is -0.508 e. The number of phenolic OH excluding ortho intramolecular Hbond substituents is 1. The topological polar surface area (TPSA) is 193 Å². The van der Waals surface area contributed by atoms with Crippen LogP contribution in [0.15, 0.2) is 60.7 Å². The van der Waals surface area contributed by atoms with Gasteiger partial charge in [-0.1, -0.05) is 24.3 Å². The second kappa shape index (κ2) is 14.9. The molecule has 45 heavy (non-hydrogen) atoms. The van der Waals surface area contributed by atoms with Gasteiger partial charge in [-0.3, -0.25) is 4.79 Å². The fraction of sp³-hybridized carbons (Fsp3) is 0.424. The fourth-order valence-electron chi connectivity index (χ4n) is 4.81. The molecule has 1 aliphatic heterocycles. The highest BCUT2D eigenvalue weighted by molar-refractivity contribution is 5.83. The Kier molecular flexibility index (Phi) is 11.3. The number of hydrogen-bond donors (Lipinski definition) is 7. The lowest BCUT2D eigenvalue weighted by Gasteiger charge is -2.39. The lowest BCUT2D eigenvalue weighted by molar-refractivity contribution is -0.277. The van der Waals surface area contributed by atoms with Gasteiger partial charge in [-0.25, -0.2) is 0 Å². The molecular weight excluding hydrogens is 584 g/mol. The van der Waals surface area contributed by atoms with Crippen LogP contribution in [0.4, 0.5) is 0 Å². The third kappa shape index (κ3) is 8.63. The van der Waals surface area contributed by atoms with Crippen LogP contribution in [0.1, 0.15) is 37.0 Å². The fourth-order valence-corrected chi connectivity index (χ4v) is 4.81. The third-order valence-electron chi connectivity index (χ3n) is 7.66. The molecule has 0 radical (unpaired) electrons. The number of hydrogen-bond acceptors (Lipinski definition) is 11. The molecule has 0 bridgehead atoms. The molecule has 0 spiro atoms. The van der Waals surface area contributed by atoms with Crippen molar-refractivity contribution in [3.63, 3.8) is 0 Å². The van der Waals surface area contributed by atoms with E-state index in [1.54, 1.807) is 32.9 Å². The first-order valence-corrected chi connectivity index (χ1v) is 14.7. The Hall–Kier alpha value is -3.91. The van der Waals surface area contributed by atoms with Crippen molar-refractivity contribution in [1.82, 2.24) is 5.32 Å². The number of nitrogens with one attached hydrogen (secondary N) is 1. The minimum absolute atomic E-state index is 0.0888. The van der Waals surface area contributed by atoms with Crippen LogP contribution in [0.2, 0.25) is 0 Å². The van der Waals surface area contributed by atoms with Gasteiger partial charge in [0.1, 0.15) is 53.2 Å². The Morgan fingerprint density at radius 3 is 2.40 bits per heavy atom. The first kappa shape index (κ1) is 34.0. The van der Waals surface area contributed by atoms with Gasteiger partial charge in [-0.05, 0) is 69.1 Å². The van der Waals surface area contributed by atoms with Gasteiger partial charge in [-0.2, -0.15) is 0 Å². The summed E-state index contributed by atoms with van der Waals surface area (Å²) in [5.74, 6) is 1.33. The van der Waals surface area contributed by atoms with Crippen LogP contribution in [0, 0.1) is 6.92 Å². The molecule has 3 aromatic carbocycles. The van der Waals surface area contributed by atoms with Gasteiger partial charge in [0.25, 0.3) is 0 Å². The summed E-state index contributed by atoms with van der Waals surface area (Å²) in [6, 6.07) is 17.6. The number of aliphatic hydroxyl groups is 4. The summed E-state index contributed by atoms with van der Waals surface area (Å²) in [5.41, 5.74) is 6.65. The molecule has 1 fully saturated rings. The van der Waals surface area contributed by atoms with Crippen LogP contribution in [0.3, 0.4) is 0 Å². The maximum atomic E-state index is 11.5. The van der Waals surface area contributed by atoms with Crippen LogP contribution >= 0.6 is 0 Å². The number of carbonyl (C=O) groups excluding carboxylic acids is 1. The van der Waals surface area contributed by atoms with Crippen molar-refractivity contribution in [2.45, 2.75) is 69.9 Å². The van der Waals surface area contributed by atoms with Crippen molar-refractivity contribution in [3.8, 4) is 28.7 Å². The lowest BCUT2D eigenvalue weighted by atomic mass is 9.97. The van der Waals surface area contributed by atoms with Crippen LogP contribution in [-0.2, 0) is 16.0 Å². The van der Waals surface area contributed by atoms with Gasteiger partial charge >= 0.3 is 0 Å². The highest BCUT2D eigenvalue weighted by atomic mass is 16.7. The van der Waals surface area contributed by atoms with Crippen LogP contribution < -0.4 is 25.3 Å². The summed E-state index contributed by atoms with van der Waals surface area (Å²) in [5, 5.41) is 54.0. The average molecular weight is 627 g/mol. The Morgan fingerprint density at radius 1 is 0.978 bits per heavy atom. The number of benzene rings is 3. The highest BCUT2D eigenvalue weighted by Crippen LogP contribution is 2.37. The van der Waals surface area contributed by atoms with Gasteiger partial charge in [0.15, 0.2) is 0 Å². The van der Waals surface area contributed by atoms with Gasteiger partial charge in [-0.15, -0.1) is 0 Å². The predicted octanol–water partition coefficient (Wildman–Crippen LogP) is 1.88. The quantitative estimate of drug-likeness (QED) is 0.129. The van der Waals surface area contributed by atoms with Crippen molar-refractivity contribution in [3.05, 3.63) is 77.4 Å². The molecule has 1 heterocycles. The molecule has 0 unspecified atom stereocenters. The number of para-hydroxylation sites is 1. The first-order valence-electron chi connectivity index (χ1n) is 14.7. The Morgan fingerprint density at radius 2 is 1.71 bits per heavy atom. The van der Waals surface area contributed by atoms with E-state index in [9.17, 15) is 30.3 Å². The van der Waals surface area contributed by atoms with Crippen molar-refractivity contribution in [1.29, 1.82) is 0 Å². The van der Waals surface area contributed by atoms with Gasteiger partial charge in [0.05, 0.1) is 18.8 Å². The van der Waals surface area contributed by atoms with E-state index < -0.39 is 48.8 Å². The number of carbonyl (C=O) groups is 1. The zero-order valence-corrected chi connectivity index (χ0v) is 25.6. The summed E-state index contributed by atoms with van der Waals surface area (Å²) < 4.78 is 23.7. The first-order chi connectivity index (χ1) is 21.4. The summed E-state index contributed by atoms with van der Waals surface area (Å²) in [4.78, 5) is 11.5. The second-order valence-electron chi connectivity index (χ2n) is 11.5. The summed E-state index contributed by atoms with van der Waals surface area (Å²) in [6.45, 7) is 5.53. The zero-order valence-electron chi connectivity index (χ0n) is 25.6. The molecule has 12 heteroatoms. The minimum atomic E-state index is -1.62. The number of rotatable bonds is 14. The van der Waals surface area contributed by atoms with E-state index in [4.69, 9.17) is 24.7 Å². The number of ether oxygens (including phenoxy) is 4. The number of nitrogens with two attached hydrogens (primary N) is 1. The summed E-state index contributed by atoms with van der Waals surface area (Å²) >= 11 is 0. The molecule has 1 amide bonds. The van der Waals surface area contributed by atoms with Gasteiger partial charge in [0.2, 0.25) is 12.2 Å². The van der Waals surface area contributed by atoms with E-state index in [-0.39, 0.29) is 17.9 Å².